The van der Waals surface area contributed by atoms with E-state index in [1.807, 2.05) is 4.90 Å². The summed E-state index contributed by atoms with van der Waals surface area (Å²) < 4.78 is 0. The number of piperidine rings is 1. The number of H-pyrrole nitrogens is 1. The maximum atomic E-state index is 12.5. The van der Waals surface area contributed by atoms with Gasteiger partial charge in [0.1, 0.15) is 5.56 Å². The van der Waals surface area contributed by atoms with E-state index in [2.05, 4.69) is 9.88 Å². The summed E-state index contributed by atoms with van der Waals surface area (Å²) in [5, 5.41) is 0. The highest BCUT2D eigenvalue weighted by molar-refractivity contribution is 5.93. The van der Waals surface area contributed by atoms with Gasteiger partial charge in [-0.05, 0) is 56.8 Å². The average Bonchev–Trinajstić information content (AvgIpc) is 2.84. The first-order valence-electron chi connectivity index (χ1n) is 8.93. The molecule has 0 atom stereocenters. The summed E-state index contributed by atoms with van der Waals surface area (Å²) in [5.74, 6) is 0.561. The zero-order chi connectivity index (χ0) is 16.1. The van der Waals surface area contributed by atoms with Crippen LogP contribution in [0.2, 0.25) is 0 Å². The second-order valence-electron chi connectivity index (χ2n) is 6.86. The number of carbonyl (C=O) groups excluding carboxylic acids is 1. The normalized spacial score (nSPS) is 21.1. The number of nitrogens with one attached hydrogen (secondary N) is 1. The van der Waals surface area contributed by atoms with Gasteiger partial charge in [0, 0.05) is 25.8 Å². The third-order valence-corrected chi connectivity index (χ3v) is 5.17. The molecular formula is C18H27N3O2. The topological polar surface area (TPSA) is 56.4 Å². The Morgan fingerprint density at radius 3 is 2.43 bits per heavy atom. The Morgan fingerprint density at radius 2 is 1.78 bits per heavy atom. The van der Waals surface area contributed by atoms with Crippen LogP contribution in [0.4, 0.5) is 0 Å². The van der Waals surface area contributed by atoms with Crippen LogP contribution in [0.25, 0.3) is 0 Å². The van der Waals surface area contributed by atoms with E-state index < -0.39 is 0 Å². The van der Waals surface area contributed by atoms with Gasteiger partial charge in [0.15, 0.2) is 0 Å². The van der Waals surface area contributed by atoms with Crippen molar-refractivity contribution in [2.75, 3.05) is 32.7 Å². The van der Waals surface area contributed by atoms with Crippen molar-refractivity contribution in [3.8, 4) is 0 Å². The van der Waals surface area contributed by atoms with Gasteiger partial charge in [-0.3, -0.25) is 9.59 Å². The number of carbonyl (C=O) groups is 1. The smallest absolute Gasteiger partial charge is 0.260 e. The van der Waals surface area contributed by atoms with Crippen molar-refractivity contribution in [1.29, 1.82) is 0 Å². The molecule has 0 spiro atoms. The van der Waals surface area contributed by atoms with Crippen LogP contribution in [0.15, 0.2) is 23.1 Å². The molecule has 126 valence electrons. The van der Waals surface area contributed by atoms with Gasteiger partial charge in [-0.15, -0.1) is 0 Å². The van der Waals surface area contributed by atoms with Crippen LogP contribution < -0.4 is 5.56 Å². The first-order valence-corrected chi connectivity index (χ1v) is 8.93. The number of amides is 1. The zero-order valence-electron chi connectivity index (χ0n) is 13.8. The van der Waals surface area contributed by atoms with E-state index in [9.17, 15) is 9.59 Å². The molecule has 0 saturated carbocycles. The molecule has 1 aromatic rings. The molecule has 0 aromatic carbocycles. The molecule has 0 unspecified atom stereocenters. The molecule has 0 bridgehead atoms. The summed E-state index contributed by atoms with van der Waals surface area (Å²) in [6, 6.07) is 3.32. The lowest BCUT2D eigenvalue weighted by atomic mass is 9.95. The predicted molar refractivity (Wildman–Crippen MR) is 90.6 cm³/mol. The van der Waals surface area contributed by atoms with Gasteiger partial charge in [0.25, 0.3) is 11.5 Å². The molecule has 2 aliphatic heterocycles. The van der Waals surface area contributed by atoms with Crippen LogP contribution in [0.3, 0.4) is 0 Å². The van der Waals surface area contributed by atoms with Gasteiger partial charge in [-0.2, -0.15) is 0 Å². The first kappa shape index (κ1) is 16.2. The van der Waals surface area contributed by atoms with Crippen molar-refractivity contribution in [2.45, 2.75) is 38.5 Å². The zero-order valence-corrected chi connectivity index (χ0v) is 13.8. The van der Waals surface area contributed by atoms with Crippen molar-refractivity contribution in [3.05, 3.63) is 34.2 Å². The molecule has 1 aromatic heterocycles. The van der Waals surface area contributed by atoms with E-state index >= 15 is 0 Å². The molecule has 1 N–H and O–H groups in total. The lowest BCUT2D eigenvalue weighted by molar-refractivity contribution is 0.0666. The van der Waals surface area contributed by atoms with E-state index in [0.29, 0.717) is 5.92 Å². The predicted octanol–water partition coefficient (Wildman–Crippen LogP) is 2.10. The number of rotatable bonds is 3. The molecule has 5 heteroatoms. The van der Waals surface area contributed by atoms with Crippen LogP contribution in [0, 0.1) is 5.92 Å². The average molecular weight is 317 g/mol. The van der Waals surface area contributed by atoms with Gasteiger partial charge in [-0.25, -0.2) is 0 Å². The Balaban J connectivity index is 1.51. The lowest BCUT2D eigenvalue weighted by Gasteiger charge is -2.34. The maximum absolute atomic E-state index is 12.5. The molecule has 0 aliphatic carbocycles. The van der Waals surface area contributed by atoms with E-state index in [1.165, 1.54) is 45.3 Å². The Labute approximate surface area is 137 Å². The second kappa shape index (κ2) is 7.77. The number of hydrogen-bond donors (Lipinski definition) is 1. The Bertz CT molecular complexity index is 568. The minimum atomic E-state index is -0.288. The van der Waals surface area contributed by atoms with E-state index in [-0.39, 0.29) is 17.0 Å². The summed E-state index contributed by atoms with van der Waals surface area (Å²) in [4.78, 5) is 31.2. The fourth-order valence-corrected chi connectivity index (χ4v) is 3.76. The molecule has 2 saturated heterocycles. The standard InChI is InChI=1S/C18H27N3O2/c22-17-16(6-5-9-19-17)18(23)21-12-7-15(8-13-21)14-20-10-3-1-2-4-11-20/h5-6,9,15H,1-4,7-8,10-14H2,(H,19,22). The van der Waals surface area contributed by atoms with Crippen molar-refractivity contribution < 1.29 is 4.79 Å². The minimum Gasteiger partial charge on any atom is -0.338 e. The van der Waals surface area contributed by atoms with Crippen molar-refractivity contribution in [1.82, 2.24) is 14.8 Å². The maximum Gasteiger partial charge on any atom is 0.260 e. The highest BCUT2D eigenvalue weighted by atomic mass is 16.2. The second-order valence-corrected chi connectivity index (χ2v) is 6.86. The van der Waals surface area contributed by atoms with Crippen LogP contribution in [-0.2, 0) is 0 Å². The SMILES string of the molecule is O=C(c1ccc[nH]c1=O)N1CCC(CN2CCCCCC2)CC1. The molecule has 2 aliphatic rings. The largest absolute Gasteiger partial charge is 0.338 e. The lowest BCUT2D eigenvalue weighted by Crippen LogP contribution is -2.43. The van der Waals surface area contributed by atoms with E-state index in [4.69, 9.17) is 0 Å². The third kappa shape index (κ3) is 4.22. The molecule has 1 amide bonds. The fraction of sp³-hybridized carbons (Fsp3) is 0.667. The summed E-state index contributed by atoms with van der Waals surface area (Å²) in [5.41, 5.74) is -0.0253. The molecule has 0 radical (unpaired) electrons. The van der Waals surface area contributed by atoms with E-state index in [0.717, 1.165) is 25.9 Å². The molecule has 2 fully saturated rings. The Morgan fingerprint density at radius 1 is 1.09 bits per heavy atom. The molecular weight excluding hydrogens is 290 g/mol. The summed E-state index contributed by atoms with van der Waals surface area (Å²) >= 11 is 0. The van der Waals surface area contributed by atoms with Crippen molar-refractivity contribution in [2.24, 2.45) is 5.92 Å². The number of aromatic amines is 1. The Kier molecular flexibility index (Phi) is 5.49. The fourth-order valence-electron chi connectivity index (χ4n) is 3.76. The van der Waals surface area contributed by atoms with Gasteiger partial charge in [0.05, 0.1) is 0 Å². The van der Waals surface area contributed by atoms with Gasteiger partial charge in [0.2, 0.25) is 0 Å². The van der Waals surface area contributed by atoms with Crippen LogP contribution in [0.1, 0.15) is 48.9 Å². The monoisotopic (exact) mass is 317 g/mol. The minimum absolute atomic E-state index is 0.125. The first-order chi connectivity index (χ1) is 11.2. The van der Waals surface area contributed by atoms with Crippen LogP contribution in [-0.4, -0.2) is 53.4 Å². The Hall–Kier alpha value is -1.62. The number of hydrogen-bond acceptors (Lipinski definition) is 3. The van der Waals surface area contributed by atoms with E-state index in [1.54, 1.807) is 18.3 Å². The van der Waals surface area contributed by atoms with Crippen molar-refractivity contribution >= 4 is 5.91 Å². The van der Waals surface area contributed by atoms with Crippen molar-refractivity contribution in [3.63, 3.8) is 0 Å². The van der Waals surface area contributed by atoms with Gasteiger partial charge < -0.3 is 14.8 Å². The van der Waals surface area contributed by atoms with Gasteiger partial charge in [-0.1, -0.05) is 12.8 Å². The number of likely N-dealkylation sites (tertiary alicyclic amines) is 2. The molecule has 3 heterocycles. The van der Waals surface area contributed by atoms with Crippen LogP contribution in [0.5, 0.6) is 0 Å². The number of aromatic nitrogens is 1. The molecule has 23 heavy (non-hydrogen) atoms. The number of nitrogens with zero attached hydrogens (tertiary/aromatic N) is 2. The highest BCUT2D eigenvalue weighted by Gasteiger charge is 2.26. The summed E-state index contributed by atoms with van der Waals surface area (Å²) in [6.45, 7) is 5.18. The number of pyridine rings is 1. The molecule has 5 nitrogen and oxygen atoms in total. The van der Waals surface area contributed by atoms with Crippen LogP contribution >= 0.6 is 0 Å². The molecule has 3 rings (SSSR count). The quantitative estimate of drug-likeness (QED) is 0.929. The summed E-state index contributed by atoms with van der Waals surface area (Å²) in [7, 11) is 0. The summed E-state index contributed by atoms with van der Waals surface area (Å²) in [6.07, 6.45) is 9.05. The third-order valence-electron chi connectivity index (χ3n) is 5.17. The van der Waals surface area contributed by atoms with Gasteiger partial charge >= 0.3 is 0 Å². The highest BCUT2D eigenvalue weighted by Crippen LogP contribution is 2.21.